The van der Waals surface area contributed by atoms with Gasteiger partial charge in [-0.15, -0.1) is 0 Å². The van der Waals surface area contributed by atoms with Gasteiger partial charge < -0.3 is 21.3 Å². The molecule has 8 nitrogen and oxygen atoms in total. The quantitative estimate of drug-likeness (QED) is 0.659. The summed E-state index contributed by atoms with van der Waals surface area (Å²) in [5, 5.41) is 22.8. The normalized spacial score (nSPS) is 16.2. The van der Waals surface area contributed by atoms with Crippen molar-refractivity contribution in [1.29, 1.82) is 0 Å². The molecule has 2 aromatic rings. The summed E-state index contributed by atoms with van der Waals surface area (Å²) >= 11 is 0. The molecule has 1 fully saturated rings. The number of aromatic nitrogens is 3. The minimum atomic E-state index is -0.672. The number of nitrogens with zero attached hydrogens (tertiary/aromatic N) is 3. The molecule has 138 valence electrons. The predicted molar refractivity (Wildman–Crippen MR) is 96.5 cm³/mol. The first kappa shape index (κ1) is 17.9. The zero-order chi connectivity index (χ0) is 18.7. The monoisotopic (exact) mass is 357 g/mol. The van der Waals surface area contributed by atoms with Crippen molar-refractivity contribution in [2.24, 2.45) is 5.92 Å². The molecule has 1 saturated carbocycles. The maximum absolute atomic E-state index is 12.6. The highest BCUT2D eigenvalue weighted by atomic mass is 16.3. The number of anilines is 1. The van der Waals surface area contributed by atoms with E-state index in [1.54, 1.807) is 6.07 Å². The van der Waals surface area contributed by atoms with Gasteiger partial charge in [-0.2, -0.15) is 4.98 Å². The summed E-state index contributed by atoms with van der Waals surface area (Å²) in [4.78, 5) is 24.6. The summed E-state index contributed by atoms with van der Waals surface area (Å²) in [6, 6.07) is 3.08. The van der Waals surface area contributed by atoms with Crippen LogP contribution in [0.25, 0.3) is 11.5 Å². The van der Waals surface area contributed by atoms with Crippen molar-refractivity contribution in [2.75, 3.05) is 5.73 Å². The lowest BCUT2D eigenvalue weighted by Crippen LogP contribution is -2.39. The molecule has 0 saturated heterocycles. The van der Waals surface area contributed by atoms with Crippen LogP contribution in [0.2, 0.25) is 0 Å². The molecule has 0 aliphatic heterocycles. The number of carbonyl (C=O) groups is 1. The standard InChI is InChI=1S/C18H23N5O3/c1-10(11-5-3-2-4-6-11)21-17(25)14-15(24)18(26)23-16(22-14)13-9-12(19)7-8-20-13/h7-11,24H,2-6H2,1H3,(H2,19,20)(H,21,25)(H,22,23,26)/t10-/m1/s1. The van der Waals surface area contributed by atoms with E-state index in [9.17, 15) is 15.0 Å². The predicted octanol–water partition coefficient (Wildman–Crippen LogP) is 2.23. The van der Waals surface area contributed by atoms with Gasteiger partial charge in [0.2, 0.25) is 5.75 Å². The second-order valence-electron chi connectivity index (χ2n) is 6.70. The third-order valence-electron chi connectivity index (χ3n) is 4.81. The molecular weight excluding hydrogens is 334 g/mol. The van der Waals surface area contributed by atoms with Gasteiger partial charge in [-0.05, 0) is 37.8 Å². The lowest BCUT2D eigenvalue weighted by atomic mass is 9.84. The molecule has 0 bridgehead atoms. The van der Waals surface area contributed by atoms with Gasteiger partial charge in [0.25, 0.3) is 11.8 Å². The highest BCUT2D eigenvalue weighted by molar-refractivity contribution is 5.96. The molecule has 8 heteroatoms. The van der Waals surface area contributed by atoms with Crippen molar-refractivity contribution in [1.82, 2.24) is 20.3 Å². The van der Waals surface area contributed by atoms with Gasteiger partial charge in [0.1, 0.15) is 5.69 Å². The number of nitrogen functional groups attached to an aromatic ring is 1. The molecule has 1 aliphatic carbocycles. The van der Waals surface area contributed by atoms with E-state index in [0.717, 1.165) is 25.7 Å². The van der Waals surface area contributed by atoms with E-state index >= 15 is 0 Å². The lowest BCUT2D eigenvalue weighted by Gasteiger charge is -2.28. The van der Waals surface area contributed by atoms with E-state index in [-0.39, 0.29) is 17.6 Å². The molecule has 2 heterocycles. The van der Waals surface area contributed by atoms with Gasteiger partial charge in [0, 0.05) is 17.9 Å². The van der Waals surface area contributed by atoms with Crippen LogP contribution in [0.3, 0.4) is 0 Å². The number of carbonyl (C=O) groups excluding carboxylic acids is 1. The average molecular weight is 357 g/mol. The van der Waals surface area contributed by atoms with Crippen molar-refractivity contribution in [3.63, 3.8) is 0 Å². The van der Waals surface area contributed by atoms with Gasteiger partial charge in [0.05, 0.1) is 0 Å². The molecule has 5 N–H and O–H groups in total. The SMILES string of the molecule is C[C@@H](NC(=O)c1nc(-c2cc(N)ccn2)nc(O)c1O)C1CCCCC1. The lowest BCUT2D eigenvalue weighted by molar-refractivity contribution is 0.0910. The summed E-state index contributed by atoms with van der Waals surface area (Å²) in [6.07, 6.45) is 7.17. The molecule has 1 aliphatic rings. The molecule has 0 spiro atoms. The van der Waals surface area contributed by atoms with Crippen LogP contribution in [0, 0.1) is 5.92 Å². The Hall–Kier alpha value is -2.90. The van der Waals surface area contributed by atoms with E-state index in [1.807, 2.05) is 6.92 Å². The zero-order valence-electron chi connectivity index (χ0n) is 14.6. The molecule has 1 atom stereocenters. The molecule has 1 amide bonds. The fourth-order valence-corrected chi connectivity index (χ4v) is 3.31. The summed E-state index contributed by atoms with van der Waals surface area (Å²) in [5.41, 5.74) is 6.19. The smallest absolute Gasteiger partial charge is 0.274 e. The Labute approximate surface area is 151 Å². The van der Waals surface area contributed by atoms with Gasteiger partial charge in [-0.25, -0.2) is 4.98 Å². The number of hydrogen-bond donors (Lipinski definition) is 4. The van der Waals surface area contributed by atoms with E-state index in [1.165, 1.54) is 18.7 Å². The number of nitrogens with one attached hydrogen (secondary N) is 1. The van der Waals surface area contributed by atoms with Crippen LogP contribution in [0.1, 0.15) is 49.5 Å². The highest BCUT2D eigenvalue weighted by Crippen LogP contribution is 2.30. The fourth-order valence-electron chi connectivity index (χ4n) is 3.31. The number of rotatable bonds is 4. The number of amides is 1. The summed E-state index contributed by atoms with van der Waals surface area (Å²) in [7, 11) is 0. The Kier molecular flexibility index (Phi) is 5.20. The van der Waals surface area contributed by atoms with Crippen molar-refractivity contribution in [3.8, 4) is 23.1 Å². The maximum Gasteiger partial charge on any atom is 0.274 e. The first-order valence-electron chi connectivity index (χ1n) is 8.78. The van der Waals surface area contributed by atoms with Crippen molar-refractivity contribution in [3.05, 3.63) is 24.0 Å². The van der Waals surface area contributed by atoms with Crippen LogP contribution in [-0.4, -0.2) is 37.1 Å². The Bertz CT molecular complexity index is 805. The number of hydrogen-bond acceptors (Lipinski definition) is 7. The number of pyridine rings is 1. The minimum absolute atomic E-state index is 0.0167. The Balaban J connectivity index is 1.85. The van der Waals surface area contributed by atoms with E-state index in [0.29, 0.717) is 17.3 Å². The van der Waals surface area contributed by atoms with Crippen molar-refractivity contribution >= 4 is 11.6 Å². The average Bonchev–Trinajstić information content (AvgIpc) is 2.64. The Morgan fingerprint density at radius 1 is 1.27 bits per heavy atom. The molecule has 26 heavy (non-hydrogen) atoms. The van der Waals surface area contributed by atoms with Gasteiger partial charge in [0.15, 0.2) is 11.5 Å². The topological polar surface area (TPSA) is 134 Å². The van der Waals surface area contributed by atoms with E-state index in [4.69, 9.17) is 5.73 Å². The number of aromatic hydroxyl groups is 2. The molecule has 0 unspecified atom stereocenters. The van der Waals surface area contributed by atoms with Crippen LogP contribution in [0.4, 0.5) is 5.69 Å². The van der Waals surface area contributed by atoms with Crippen LogP contribution in [0.15, 0.2) is 18.3 Å². The second kappa shape index (κ2) is 7.55. The highest BCUT2D eigenvalue weighted by Gasteiger charge is 2.25. The van der Waals surface area contributed by atoms with Gasteiger partial charge >= 0.3 is 0 Å². The first-order chi connectivity index (χ1) is 12.5. The summed E-state index contributed by atoms with van der Waals surface area (Å²) < 4.78 is 0. The third kappa shape index (κ3) is 3.84. The number of nitrogens with two attached hydrogens (primary N) is 1. The van der Waals surface area contributed by atoms with E-state index in [2.05, 4.69) is 20.3 Å². The van der Waals surface area contributed by atoms with Crippen molar-refractivity contribution < 1.29 is 15.0 Å². The minimum Gasteiger partial charge on any atom is -0.501 e. The van der Waals surface area contributed by atoms with E-state index < -0.39 is 17.5 Å². The summed E-state index contributed by atoms with van der Waals surface area (Å²) in [5.74, 6) is -1.45. The zero-order valence-corrected chi connectivity index (χ0v) is 14.6. The summed E-state index contributed by atoms with van der Waals surface area (Å²) in [6.45, 7) is 1.95. The third-order valence-corrected chi connectivity index (χ3v) is 4.81. The molecular formula is C18H23N5O3. The van der Waals surface area contributed by atoms with Gasteiger partial charge in [-0.3, -0.25) is 9.78 Å². The maximum atomic E-state index is 12.6. The molecule has 3 rings (SSSR count). The van der Waals surface area contributed by atoms with Crippen LogP contribution in [-0.2, 0) is 0 Å². The molecule has 2 aromatic heterocycles. The molecule has 0 radical (unpaired) electrons. The first-order valence-corrected chi connectivity index (χ1v) is 8.78. The fraction of sp³-hybridized carbons (Fsp3) is 0.444. The van der Waals surface area contributed by atoms with Crippen molar-refractivity contribution in [2.45, 2.75) is 45.1 Å². The van der Waals surface area contributed by atoms with Crippen LogP contribution < -0.4 is 11.1 Å². The Morgan fingerprint density at radius 2 is 2.00 bits per heavy atom. The molecule has 0 aromatic carbocycles. The Morgan fingerprint density at radius 3 is 2.69 bits per heavy atom. The van der Waals surface area contributed by atoms with Crippen LogP contribution in [0.5, 0.6) is 11.6 Å². The largest absolute Gasteiger partial charge is 0.501 e. The van der Waals surface area contributed by atoms with Crippen LogP contribution >= 0.6 is 0 Å². The van der Waals surface area contributed by atoms with Gasteiger partial charge in [-0.1, -0.05) is 19.3 Å². The second-order valence-corrected chi connectivity index (χ2v) is 6.70.